The second kappa shape index (κ2) is 6.81. The predicted molar refractivity (Wildman–Crippen MR) is 92.0 cm³/mol. The van der Waals surface area contributed by atoms with Gasteiger partial charge in [-0.1, -0.05) is 12.1 Å². The smallest absolute Gasteiger partial charge is 0.264 e. The number of amides is 1. The highest BCUT2D eigenvalue weighted by atomic mass is 32.1. The molecule has 3 nitrogen and oxygen atoms in total. The van der Waals surface area contributed by atoms with Crippen LogP contribution in [-0.2, 0) is 0 Å². The molecule has 2 unspecified atom stereocenters. The van der Waals surface area contributed by atoms with Crippen LogP contribution in [0.2, 0.25) is 0 Å². The minimum absolute atomic E-state index is 0.0178. The molecule has 1 fully saturated rings. The van der Waals surface area contributed by atoms with Crippen molar-refractivity contribution in [3.05, 3.63) is 47.1 Å². The van der Waals surface area contributed by atoms with Crippen LogP contribution in [0.25, 0.3) is 10.4 Å². The summed E-state index contributed by atoms with van der Waals surface area (Å²) in [7, 11) is 0. The average molecular weight is 332 g/mol. The van der Waals surface area contributed by atoms with Crippen LogP contribution in [0.5, 0.6) is 0 Å². The maximum absolute atomic E-state index is 13.0. The molecule has 2 N–H and O–H groups in total. The summed E-state index contributed by atoms with van der Waals surface area (Å²) in [5.74, 6) is -0.194. The molecule has 23 heavy (non-hydrogen) atoms. The van der Waals surface area contributed by atoms with Crippen molar-refractivity contribution in [3.63, 3.8) is 0 Å². The van der Waals surface area contributed by atoms with Crippen molar-refractivity contribution in [2.45, 2.75) is 38.3 Å². The lowest BCUT2D eigenvalue weighted by Gasteiger charge is -2.37. The molecule has 1 saturated heterocycles. The molecular weight excluding hydrogens is 311 g/mol. The van der Waals surface area contributed by atoms with Gasteiger partial charge in [0.25, 0.3) is 5.91 Å². The summed E-state index contributed by atoms with van der Waals surface area (Å²) in [5.41, 5.74) is 6.99. The van der Waals surface area contributed by atoms with Crippen LogP contribution >= 0.6 is 11.3 Å². The Kier molecular flexibility index (Phi) is 4.78. The van der Waals surface area contributed by atoms with Gasteiger partial charge in [-0.15, -0.1) is 11.3 Å². The number of carbonyl (C=O) groups is 1. The van der Waals surface area contributed by atoms with E-state index in [0.717, 1.165) is 41.1 Å². The van der Waals surface area contributed by atoms with Crippen molar-refractivity contribution in [2.75, 3.05) is 6.54 Å². The molecule has 2 atom stereocenters. The summed E-state index contributed by atoms with van der Waals surface area (Å²) in [4.78, 5) is 16.5. The van der Waals surface area contributed by atoms with Gasteiger partial charge < -0.3 is 10.6 Å². The fourth-order valence-corrected chi connectivity index (χ4v) is 4.09. The Labute approximate surface area is 139 Å². The van der Waals surface area contributed by atoms with Crippen molar-refractivity contribution in [1.29, 1.82) is 0 Å². The van der Waals surface area contributed by atoms with Gasteiger partial charge in [0.05, 0.1) is 4.88 Å². The average Bonchev–Trinajstić information content (AvgIpc) is 3.04. The quantitative estimate of drug-likeness (QED) is 0.927. The number of halogens is 1. The number of rotatable bonds is 3. The van der Waals surface area contributed by atoms with Gasteiger partial charge in [0, 0.05) is 23.5 Å². The van der Waals surface area contributed by atoms with Crippen LogP contribution in [0.4, 0.5) is 4.39 Å². The zero-order valence-corrected chi connectivity index (χ0v) is 14.0. The van der Waals surface area contributed by atoms with E-state index in [-0.39, 0.29) is 23.8 Å². The Morgan fingerprint density at radius 1 is 1.26 bits per heavy atom. The molecule has 5 heteroatoms. The molecule has 1 aromatic heterocycles. The lowest BCUT2D eigenvalue weighted by atomic mass is 9.97. The molecule has 0 spiro atoms. The number of benzene rings is 1. The van der Waals surface area contributed by atoms with Crippen LogP contribution in [0.3, 0.4) is 0 Å². The molecule has 0 aliphatic carbocycles. The van der Waals surface area contributed by atoms with E-state index in [2.05, 4.69) is 0 Å². The highest BCUT2D eigenvalue weighted by Crippen LogP contribution is 2.30. The van der Waals surface area contributed by atoms with Crippen molar-refractivity contribution in [3.8, 4) is 10.4 Å². The normalized spacial score (nSPS) is 19.6. The Morgan fingerprint density at radius 3 is 2.70 bits per heavy atom. The van der Waals surface area contributed by atoms with Crippen molar-refractivity contribution < 1.29 is 9.18 Å². The fraction of sp³-hybridized carbons (Fsp3) is 0.389. The highest BCUT2D eigenvalue weighted by molar-refractivity contribution is 7.17. The summed E-state index contributed by atoms with van der Waals surface area (Å²) in [5, 5.41) is 0. The van der Waals surface area contributed by atoms with Crippen molar-refractivity contribution >= 4 is 17.2 Å². The van der Waals surface area contributed by atoms with E-state index in [0.29, 0.717) is 0 Å². The van der Waals surface area contributed by atoms with E-state index in [4.69, 9.17) is 5.73 Å². The number of piperidine rings is 1. The molecule has 3 rings (SSSR count). The summed E-state index contributed by atoms with van der Waals surface area (Å²) in [6.07, 6.45) is 3.13. The zero-order chi connectivity index (χ0) is 16.4. The summed E-state index contributed by atoms with van der Waals surface area (Å²) in [6, 6.07) is 10.2. The van der Waals surface area contributed by atoms with Gasteiger partial charge in [0.2, 0.25) is 0 Å². The van der Waals surface area contributed by atoms with E-state index in [1.54, 1.807) is 12.1 Å². The van der Waals surface area contributed by atoms with Crippen LogP contribution in [-0.4, -0.2) is 29.4 Å². The van der Waals surface area contributed by atoms with E-state index in [1.807, 2.05) is 24.0 Å². The van der Waals surface area contributed by atoms with E-state index in [9.17, 15) is 9.18 Å². The Bertz CT molecular complexity index is 681. The van der Waals surface area contributed by atoms with Crippen molar-refractivity contribution in [2.24, 2.45) is 5.73 Å². The monoisotopic (exact) mass is 332 g/mol. The topological polar surface area (TPSA) is 46.3 Å². The number of nitrogens with zero attached hydrogens (tertiary/aromatic N) is 1. The minimum atomic E-state index is -0.255. The molecule has 1 aliphatic heterocycles. The number of hydrogen-bond donors (Lipinski definition) is 1. The second-order valence-corrected chi connectivity index (χ2v) is 7.18. The van der Waals surface area contributed by atoms with Gasteiger partial charge >= 0.3 is 0 Å². The first-order chi connectivity index (χ1) is 11.1. The predicted octanol–water partition coefficient (Wildman–Crippen LogP) is 3.90. The first kappa shape index (κ1) is 16.1. The maximum atomic E-state index is 13.0. The lowest BCUT2D eigenvalue weighted by molar-refractivity contribution is 0.0589. The third-order valence-electron chi connectivity index (χ3n) is 4.36. The van der Waals surface area contributed by atoms with Crippen LogP contribution in [0.1, 0.15) is 35.9 Å². The summed E-state index contributed by atoms with van der Waals surface area (Å²) in [6.45, 7) is 2.74. The number of likely N-dealkylation sites (tertiary alicyclic amines) is 1. The molecule has 2 aromatic rings. The number of hydrogen-bond acceptors (Lipinski definition) is 3. The molecule has 0 radical (unpaired) electrons. The number of nitrogens with two attached hydrogens (primary N) is 1. The SMILES string of the molecule is CC(N)C1CCCCN1C(=O)c1ccc(-c2ccc(F)cc2)s1. The van der Waals surface area contributed by atoms with E-state index < -0.39 is 0 Å². The lowest BCUT2D eigenvalue weighted by Crippen LogP contribution is -2.51. The molecule has 0 saturated carbocycles. The van der Waals surface area contributed by atoms with Gasteiger partial charge in [0.1, 0.15) is 5.82 Å². The van der Waals surface area contributed by atoms with Crippen LogP contribution in [0, 0.1) is 5.82 Å². The molecule has 1 aromatic carbocycles. The molecule has 2 heterocycles. The second-order valence-electron chi connectivity index (χ2n) is 6.09. The van der Waals surface area contributed by atoms with Crippen LogP contribution < -0.4 is 5.73 Å². The van der Waals surface area contributed by atoms with Gasteiger partial charge in [-0.25, -0.2) is 4.39 Å². The van der Waals surface area contributed by atoms with Crippen molar-refractivity contribution in [1.82, 2.24) is 4.90 Å². The number of thiophene rings is 1. The Morgan fingerprint density at radius 2 is 2.00 bits per heavy atom. The molecule has 1 aliphatic rings. The Balaban J connectivity index is 1.81. The molecular formula is C18H21FN2OS. The van der Waals surface area contributed by atoms with Gasteiger partial charge in [-0.05, 0) is 56.0 Å². The van der Waals surface area contributed by atoms with Gasteiger partial charge in [-0.3, -0.25) is 4.79 Å². The summed E-state index contributed by atoms with van der Waals surface area (Å²) >= 11 is 1.45. The van der Waals surface area contributed by atoms with Gasteiger partial charge in [0.15, 0.2) is 0 Å². The first-order valence-corrected chi connectivity index (χ1v) is 8.80. The van der Waals surface area contributed by atoms with E-state index in [1.165, 1.54) is 23.5 Å². The largest absolute Gasteiger partial charge is 0.333 e. The standard InChI is InChI=1S/C18H21FN2OS/c1-12(20)15-4-2-3-11-21(15)18(22)17-10-9-16(23-17)13-5-7-14(19)8-6-13/h5-10,12,15H,2-4,11,20H2,1H3. The fourth-order valence-electron chi connectivity index (χ4n) is 3.12. The summed E-state index contributed by atoms with van der Waals surface area (Å²) < 4.78 is 13.0. The molecule has 122 valence electrons. The number of carbonyl (C=O) groups excluding carboxylic acids is 1. The maximum Gasteiger partial charge on any atom is 0.264 e. The third kappa shape index (κ3) is 3.46. The van der Waals surface area contributed by atoms with Gasteiger partial charge in [-0.2, -0.15) is 0 Å². The third-order valence-corrected chi connectivity index (χ3v) is 5.48. The first-order valence-electron chi connectivity index (χ1n) is 7.98. The zero-order valence-electron chi connectivity index (χ0n) is 13.2. The Hall–Kier alpha value is -1.72. The highest BCUT2D eigenvalue weighted by Gasteiger charge is 2.30. The minimum Gasteiger partial charge on any atom is -0.333 e. The molecule has 0 bridgehead atoms. The van der Waals surface area contributed by atoms with Crippen LogP contribution in [0.15, 0.2) is 36.4 Å². The van der Waals surface area contributed by atoms with E-state index >= 15 is 0 Å². The molecule has 1 amide bonds.